The lowest BCUT2D eigenvalue weighted by atomic mass is 10.1. The standard InChI is InChI=1S/C12H17NO3S/c14-10(15)5-8-7-17-4-3-13(8)11(16)9-6-12(9)1-2-12/h8-9H,1-7H2,(H,14,15). The Morgan fingerprint density at radius 3 is 2.76 bits per heavy atom. The molecule has 1 saturated heterocycles. The number of amides is 1. The molecule has 0 aromatic heterocycles. The van der Waals surface area contributed by atoms with E-state index in [1.54, 1.807) is 11.8 Å². The van der Waals surface area contributed by atoms with Crippen molar-refractivity contribution in [2.45, 2.75) is 31.7 Å². The number of rotatable bonds is 3. The summed E-state index contributed by atoms with van der Waals surface area (Å²) in [6.07, 6.45) is 3.55. The van der Waals surface area contributed by atoms with Gasteiger partial charge >= 0.3 is 5.97 Å². The highest BCUT2D eigenvalue weighted by Gasteiger charge is 2.66. The molecule has 1 spiro atoms. The molecule has 5 heteroatoms. The zero-order chi connectivity index (χ0) is 12.0. The normalized spacial score (nSPS) is 33.5. The van der Waals surface area contributed by atoms with Gasteiger partial charge in [0.25, 0.3) is 0 Å². The van der Waals surface area contributed by atoms with E-state index >= 15 is 0 Å². The van der Waals surface area contributed by atoms with Crippen molar-refractivity contribution in [1.29, 1.82) is 0 Å². The van der Waals surface area contributed by atoms with Crippen molar-refractivity contribution in [2.24, 2.45) is 11.3 Å². The molecule has 1 aliphatic heterocycles. The number of thioether (sulfide) groups is 1. The Hall–Kier alpha value is -0.710. The number of carbonyl (C=O) groups excluding carboxylic acids is 1. The van der Waals surface area contributed by atoms with E-state index < -0.39 is 5.97 Å². The maximum absolute atomic E-state index is 12.3. The van der Waals surface area contributed by atoms with Gasteiger partial charge in [-0.05, 0) is 24.7 Å². The quantitative estimate of drug-likeness (QED) is 0.823. The first-order valence-electron chi connectivity index (χ1n) is 6.22. The third-order valence-electron chi connectivity index (χ3n) is 4.30. The summed E-state index contributed by atoms with van der Waals surface area (Å²) in [5, 5.41) is 8.89. The van der Waals surface area contributed by atoms with Crippen molar-refractivity contribution in [3.8, 4) is 0 Å². The van der Waals surface area contributed by atoms with Crippen molar-refractivity contribution in [3.63, 3.8) is 0 Å². The smallest absolute Gasteiger partial charge is 0.305 e. The second-order valence-electron chi connectivity index (χ2n) is 5.48. The van der Waals surface area contributed by atoms with Gasteiger partial charge in [0.05, 0.1) is 12.5 Å². The Balaban J connectivity index is 1.66. The Kier molecular flexibility index (Phi) is 2.61. The van der Waals surface area contributed by atoms with E-state index in [2.05, 4.69) is 0 Å². The van der Waals surface area contributed by atoms with Crippen LogP contribution in [0.25, 0.3) is 0 Å². The topological polar surface area (TPSA) is 57.6 Å². The van der Waals surface area contributed by atoms with Gasteiger partial charge in [-0.25, -0.2) is 0 Å². The molecule has 94 valence electrons. The number of hydrogen-bond donors (Lipinski definition) is 1. The molecule has 4 nitrogen and oxygen atoms in total. The van der Waals surface area contributed by atoms with Gasteiger partial charge in [0, 0.05) is 24.0 Å². The molecular weight excluding hydrogens is 238 g/mol. The maximum Gasteiger partial charge on any atom is 0.305 e. The van der Waals surface area contributed by atoms with Crippen LogP contribution in [0.3, 0.4) is 0 Å². The van der Waals surface area contributed by atoms with Gasteiger partial charge in [-0.3, -0.25) is 9.59 Å². The Morgan fingerprint density at radius 2 is 2.18 bits per heavy atom. The molecule has 0 radical (unpaired) electrons. The zero-order valence-electron chi connectivity index (χ0n) is 9.72. The lowest BCUT2D eigenvalue weighted by molar-refractivity contribution is -0.141. The van der Waals surface area contributed by atoms with Crippen molar-refractivity contribution >= 4 is 23.6 Å². The summed E-state index contributed by atoms with van der Waals surface area (Å²) < 4.78 is 0. The van der Waals surface area contributed by atoms with Crippen molar-refractivity contribution in [2.75, 3.05) is 18.1 Å². The molecule has 3 fully saturated rings. The highest BCUT2D eigenvalue weighted by atomic mass is 32.2. The summed E-state index contributed by atoms with van der Waals surface area (Å²) in [5.74, 6) is 1.38. The third kappa shape index (κ3) is 2.05. The van der Waals surface area contributed by atoms with E-state index in [0.717, 1.165) is 24.5 Å². The Morgan fingerprint density at radius 1 is 1.41 bits per heavy atom. The average Bonchev–Trinajstić information content (AvgIpc) is 3.19. The number of carboxylic acid groups (broad SMARTS) is 1. The van der Waals surface area contributed by atoms with Crippen LogP contribution in [0, 0.1) is 11.3 Å². The predicted octanol–water partition coefficient (Wildman–Crippen LogP) is 1.21. The first kappa shape index (κ1) is 11.4. The molecule has 2 unspecified atom stereocenters. The van der Waals surface area contributed by atoms with E-state index in [1.165, 1.54) is 12.8 Å². The van der Waals surface area contributed by atoms with Crippen LogP contribution < -0.4 is 0 Å². The molecule has 2 aliphatic carbocycles. The van der Waals surface area contributed by atoms with Crippen LogP contribution in [0.15, 0.2) is 0 Å². The minimum Gasteiger partial charge on any atom is -0.481 e. The van der Waals surface area contributed by atoms with Gasteiger partial charge in [0.15, 0.2) is 0 Å². The van der Waals surface area contributed by atoms with Crippen LogP contribution in [0.5, 0.6) is 0 Å². The minimum atomic E-state index is -0.799. The SMILES string of the molecule is O=C(O)CC1CSCCN1C(=O)C1CC12CC2. The van der Waals surface area contributed by atoms with Gasteiger partial charge < -0.3 is 10.0 Å². The van der Waals surface area contributed by atoms with Crippen LogP contribution in [0.4, 0.5) is 0 Å². The number of carboxylic acids is 1. The number of nitrogens with zero attached hydrogens (tertiary/aromatic N) is 1. The fourth-order valence-electron chi connectivity index (χ4n) is 2.93. The van der Waals surface area contributed by atoms with Crippen LogP contribution in [-0.2, 0) is 9.59 Å². The van der Waals surface area contributed by atoms with Gasteiger partial charge in [-0.1, -0.05) is 0 Å². The third-order valence-corrected chi connectivity index (χ3v) is 5.39. The summed E-state index contributed by atoms with van der Waals surface area (Å²) in [6, 6.07) is -0.0878. The van der Waals surface area contributed by atoms with Crippen LogP contribution in [-0.4, -0.2) is 46.0 Å². The van der Waals surface area contributed by atoms with Gasteiger partial charge in [0.1, 0.15) is 0 Å². The fraction of sp³-hybridized carbons (Fsp3) is 0.833. The molecule has 1 amide bonds. The number of carbonyl (C=O) groups is 2. The van der Waals surface area contributed by atoms with E-state index in [9.17, 15) is 9.59 Å². The van der Waals surface area contributed by atoms with E-state index in [0.29, 0.717) is 5.41 Å². The van der Waals surface area contributed by atoms with Crippen LogP contribution in [0.2, 0.25) is 0 Å². The molecule has 0 aromatic rings. The molecule has 3 rings (SSSR count). The van der Waals surface area contributed by atoms with Crippen molar-refractivity contribution in [3.05, 3.63) is 0 Å². The second-order valence-corrected chi connectivity index (χ2v) is 6.63. The predicted molar refractivity (Wildman–Crippen MR) is 64.9 cm³/mol. The van der Waals surface area contributed by atoms with Gasteiger partial charge in [-0.15, -0.1) is 0 Å². The van der Waals surface area contributed by atoms with E-state index in [-0.39, 0.29) is 24.3 Å². The van der Waals surface area contributed by atoms with Crippen molar-refractivity contribution < 1.29 is 14.7 Å². The first-order valence-corrected chi connectivity index (χ1v) is 7.38. The summed E-state index contributed by atoms with van der Waals surface area (Å²) in [4.78, 5) is 25.0. The molecule has 2 atom stereocenters. The monoisotopic (exact) mass is 255 g/mol. The lowest BCUT2D eigenvalue weighted by Gasteiger charge is -2.35. The minimum absolute atomic E-state index is 0.0878. The largest absolute Gasteiger partial charge is 0.481 e. The molecule has 17 heavy (non-hydrogen) atoms. The van der Waals surface area contributed by atoms with E-state index in [4.69, 9.17) is 5.11 Å². The molecule has 0 bridgehead atoms. The molecule has 1 N–H and O–H groups in total. The van der Waals surface area contributed by atoms with Crippen molar-refractivity contribution in [1.82, 2.24) is 4.90 Å². The fourth-order valence-corrected chi connectivity index (χ4v) is 3.99. The zero-order valence-corrected chi connectivity index (χ0v) is 10.5. The van der Waals surface area contributed by atoms with Crippen LogP contribution in [0.1, 0.15) is 25.7 Å². The Bertz CT molecular complexity index is 367. The highest BCUT2D eigenvalue weighted by Crippen LogP contribution is 2.71. The molecule has 2 saturated carbocycles. The lowest BCUT2D eigenvalue weighted by Crippen LogP contribution is -2.48. The first-order chi connectivity index (χ1) is 8.12. The summed E-state index contributed by atoms with van der Waals surface area (Å²) in [6.45, 7) is 0.730. The molecule has 0 aromatic carbocycles. The van der Waals surface area contributed by atoms with Crippen LogP contribution >= 0.6 is 11.8 Å². The molecule has 1 heterocycles. The average molecular weight is 255 g/mol. The van der Waals surface area contributed by atoms with Gasteiger partial charge in [0.2, 0.25) is 5.91 Å². The molecular formula is C12H17NO3S. The molecule has 3 aliphatic rings. The van der Waals surface area contributed by atoms with Gasteiger partial charge in [-0.2, -0.15) is 11.8 Å². The highest BCUT2D eigenvalue weighted by molar-refractivity contribution is 7.99. The number of aliphatic carboxylic acids is 1. The summed E-state index contributed by atoms with van der Waals surface area (Å²) in [7, 11) is 0. The summed E-state index contributed by atoms with van der Waals surface area (Å²) in [5.41, 5.74) is 0.370. The maximum atomic E-state index is 12.3. The summed E-state index contributed by atoms with van der Waals surface area (Å²) >= 11 is 1.76. The van der Waals surface area contributed by atoms with E-state index in [1.807, 2.05) is 4.90 Å². The number of hydrogen-bond acceptors (Lipinski definition) is 3. The Labute approximate surface area is 105 Å². The second kappa shape index (κ2) is 3.90.